The van der Waals surface area contributed by atoms with Crippen molar-refractivity contribution in [1.29, 1.82) is 0 Å². The zero-order valence-electron chi connectivity index (χ0n) is 11.8. The smallest absolute Gasteiger partial charge is 0.130 e. The van der Waals surface area contributed by atoms with Crippen LogP contribution in [0.5, 0.6) is 0 Å². The van der Waals surface area contributed by atoms with E-state index in [-0.39, 0.29) is 6.10 Å². The highest BCUT2D eigenvalue weighted by atomic mass is 28.2. The van der Waals surface area contributed by atoms with Crippen LogP contribution >= 0.6 is 0 Å². The molecule has 3 heteroatoms. The molecule has 3 rings (SSSR count). The summed E-state index contributed by atoms with van der Waals surface area (Å²) in [6.45, 7) is 0. The number of furan rings is 1. The molecule has 1 aromatic heterocycles. The van der Waals surface area contributed by atoms with E-state index in [0.717, 1.165) is 11.6 Å². The van der Waals surface area contributed by atoms with Gasteiger partial charge in [0.15, 0.2) is 0 Å². The normalized spacial score (nSPS) is 11.5. The first-order valence-electron chi connectivity index (χ1n) is 7.17. The van der Waals surface area contributed by atoms with Crippen molar-refractivity contribution in [2.75, 3.05) is 6.23 Å². The fraction of sp³-hybridized carbons (Fsp3) is 0.111. The van der Waals surface area contributed by atoms with E-state index in [9.17, 15) is 0 Å². The van der Waals surface area contributed by atoms with Gasteiger partial charge >= 0.3 is 0 Å². The summed E-state index contributed by atoms with van der Waals surface area (Å²) in [5.74, 6) is 0. The van der Waals surface area contributed by atoms with Crippen LogP contribution < -0.4 is 5.38 Å². The molecule has 0 aliphatic rings. The number of ether oxygens (including phenoxy) is 1. The van der Waals surface area contributed by atoms with E-state index >= 15 is 0 Å². The summed E-state index contributed by atoms with van der Waals surface area (Å²) in [5, 5.41) is 1.09. The van der Waals surface area contributed by atoms with Crippen molar-refractivity contribution >= 4 is 14.9 Å². The SMILES string of the molecule is c1ccc(C(OC[SiH2]c2ccco2)c2ccccc2)cc1. The van der Waals surface area contributed by atoms with Gasteiger partial charge in [-0.25, -0.2) is 0 Å². The van der Waals surface area contributed by atoms with Crippen molar-refractivity contribution in [1.82, 2.24) is 0 Å². The molecular weight excluding hydrogens is 276 g/mol. The summed E-state index contributed by atoms with van der Waals surface area (Å²) < 4.78 is 11.6. The fourth-order valence-corrected chi connectivity index (χ4v) is 3.44. The van der Waals surface area contributed by atoms with E-state index in [1.165, 1.54) is 11.1 Å². The Morgan fingerprint density at radius 3 is 1.95 bits per heavy atom. The predicted octanol–water partition coefficient (Wildman–Crippen LogP) is 2.84. The van der Waals surface area contributed by atoms with Gasteiger partial charge in [0.25, 0.3) is 0 Å². The first-order chi connectivity index (χ1) is 10.4. The highest BCUT2D eigenvalue weighted by Gasteiger charge is 2.14. The van der Waals surface area contributed by atoms with Gasteiger partial charge in [-0.3, -0.25) is 0 Å². The van der Waals surface area contributed by atoms with Gasteiger partial charge in [-0.2, -0.15) is 0 Å². The zero-order chi connectivity index (χ0) is 14.3. The highest BCUT2D eigenvalue weighted by molar-refractivity contribution is 6.51. The average molecular weight is 294 g/mol. The summed E-state index contributed by atoms with van der Waals surface area (Å²) in [6.07, 6.45) is 2.49. The van der Waals surface area contributed by atoms with E-state index < -0.39 is 9.52 Å². The molecule has 3 aromatic rings. The lowest BCUT2D eigenvalue weighted by Gasteiger charge is -2.18. The van der Waals surface area contributed by atoms with Crippen LogP contribution in [0.2, 0.25) is 0 Å². The molecule has 0 aliphatic heterocycles. The quantitative estimate of drug-likeness (QED) is 0.652. The van der Waals surface area contributed by atoms with E-state index in [4.69, 9.17) is 9.15 Å². The molecule has 1 heterocycles. The lowest BCUT2D eigenvalue weighted by molar-refractivity contribution is 0.117. The van der Waals surface area contributed by atoms with Crippen molar-refractivity contribution in [3.05, 3.63) is 90.2 Å². The number of hydrogen-bond acceptors (Lipinski definition) is 2. The molecule has 0 saturated carbocycles. The van der Waals surface area contributed by atoms with Crippen LogP contribution in [-0.2, 0) is 4.74 Å². The Morgan fingerprint density at radius 1 is 0.810 bits per heavy atom. The van der Waals surface area contributed by atoms with Crippen LogP contribution in [0.25, 0.3) is 0 Å². The van der Waals surface area contributed by atoms with Gasteiger partial charge in [-0.15, -0.1) is 0 Å². The topological polar surface area (TPSA) is 22.4 Å². The lowest BCUT2D eigenvalue weighted by Crippen LogP contribution is -2.20. The minimum Gasteiger partial charge on any atom is -0.475 e. The zero-order valence-corrected chi connectivity index (χ0v) is 13.2. The summed E-state index contributed by atoms with van der Waals surface area (Å²) in [6, 6.07) is 24.7. The molecule has 2 nitrogen and oxygen atoms in total. The van der Waals surface area contributed by atoms with Crippen LogP contribution in [0.15, 0.2) is 83.5 Å². The highest BCUT2D eigenvalue weighted by Crippen LogP contribution is 2.25. The molecule has 0 fully saturated rings. The molecule has 0 spiro atoms. The number of rotatable bonds is 6. The third-order valence-corrected chi connectivity index (χ3v) is 4.75. The monoisotopic (exact) mass is 294 g/mol. The van der Waals surface area contributed by atoms with E-state index in [1.54, 1.807) is 6.26 Å². The third-order valence-electron chi connectivity index (χ3n) is 3.42. The maximum Gasteiger partial charge on any atom is 0.130 e. The summed E-state index contributed by atoms with van der Waals surface area (Å²) >= 11 is 0. The third kappa shape index (κ3) is 3.71. The summed E-state index contributed by atoms with van der Waals surface area (Å²) in [5.41, 5.74) is 2.38. The Labute approximate surface area is 127 Å². The van der Waals surface area contributed by atoms with E-state index in [2.05, 4.69) is 48.5 Å². The van der Waals surface area contributed by atoms with Crippen LogP contribution in [0.1, 0.15) is 17.2 Å². The van der Waals surface area contributed by atoms with Gasteiger partial charge in [0.05, 0.1) is 11.6 Å². The molecule has 0 N–H and O–H groups in total. The average Bonchev–Trinajstić information content (AvgIpc) is 3.07. The van der Waals surface area contributed by atoms with Gasteiger partial charge in [-0.1, -0.05) is 60.7 Å². The van der Waals surface area contributed by atoms with Crippen molar-refractivity contribution in [2.45, 2.75) is 6.10 Å². The van der Waals surface area contributed by atoms with Gasteiger partial charge < -0.3 is 9.15 Å². The van der Waals surface area contributed by atoms with Crippen molar-refractivity contribution in [3.8, 4) is 0 Å². The van der Waals surface area contributed by atoms with Crippen LogP contribution in [0, 0.1) is 0 Å². The largest absolute Gasteiger partial charge is 0.475 e. The molecule has 0 bridgehead atoms. The first-order valence-corrected chi connectivity index (χ1v) is 8.88. The molecular formula is C18H18O2Si. The maximum atomic E-state index is 6.19. The fourth-order valence-electron chi connectivity index (χ4n) is 2.37. The van der Waals surface area contributed by atoms with Crippen molar-refractivity contribution in [2.24, 2.45) is 0 Å². The Hall–Kier alpha value is -2.10. The summed E-state index contributed by atoms with van der Waals surface area (Å²) in [7, 11) is -0.511. The minimum absolute atomic E-state index is 0.00476. The molecule has 106 valence electrons. The van der Waals surface area contributed by atoms with Crippen molar-refractivity contribution in [3.63, 3.8) is 0 Å². The van der Waals surface area contributed by atoms with Crippen LogP contribution in [0.4, 0.5) is 0 Å². The Bertz CT molecular complexity index is 596. The Kier molecular flexibility index (Phi) is 4.66. The minimum atomic E-state index is -0.511. The van der Waals surface area contributed by atoms with Crippen molar-refractivity contribution < 1.29 is 9.15 Å². The Balaban J connectivity index is 1.73. The van der Waals surface area contributed by atoms with Gasteiger partial charge in [-0.05, 0) is 23.3 Å². The van der Waals surface area contributed by atoms with Gasteiger partial charge in [0.2, 0.25) is 0 Å². The molecule has 0 amide bonds. The molecule has 0 saturated heterocycles. The standard InChI is InChI=1S/C18H18O2Si/c1-3-8-15(9-4-1)18(16-10-5-2-6-11-16)20-14-21-17-12-7-13-19-17/h1-13,18H,14,21H2. The summed E-state index contributed by atoms with van der Waals surface area (Å²) in [4.78, 5) is 0. The molecule has 0 unspecified atom stereocenters. The second-order valence-corrected chi connectivity index (χ2v) is 6.51. The first kappa shape index (κ1) is 13.9. The molecule has 0 radical (unpaired) electrons. The number of hydrogen-bond donors (Lipinski definition) is 0. The van der Waals surface area contributed by atoms with E-state index in [0.29, 0.717) is 0 Å². The van der Waals surface area contributed by atoms with E-state index in [1.807, 2.05) is 24.3 Å². The lowest BCUT2D eigenvalue weighted by atomic mass is 10.0. The molecule has 0 aliphatic carbocycles. The Morgan fingerprint density at radius 2 is 1.43 bits per heavy atom. The predicted molar refractivity (Wildman–Crippen MR) is 87.6 cm³/mol. The molecule has 0 atom stereocenters. The van der Waals surface area contributed by atoms with Crippen LogP contribution in [-0.4, -0.2) is 15.7 Å². The second-order valence-electron chi connectivity index (χ2n) is 4.90. The van der Waals surface area contributed by atoms with Crippen LogP contribution in [0.3, 0.4) is 0 Å². The number of benzene rings is 2. The molecule has 21 heavy (non-hydrogen) atoms. The van der Waals surface area contributed by atoms with Gasteiger partial charge in [0, 0.05) is 6.23 Å². The maximum absolute atomic E-state index is 6.19. The second kappa shape index (κ2) is 7.06. The molecule has 2 aromatic carbocycles. The van der Waals surface area contributed by atoms with Gasteiger partial charge in [0.1, 0.15) is 15.6 Å².